The fourth-order valence-electron chi connectivity index (χ4n) is 1.63. The molecule has 1 heterocycles. The molecule has 1 rings (SSSR count). The highest BCUT2D eigenvalue weighted by Crippen LogP contribution is 2.00. The lowest BCUT2D eigenvalue weighted by Crippen LogP contribution is -2.31. The number of ether oxygens (including phenoxy) is 2. The van der Waals surface area contributed by atoms with Gasteiger partial charge in [0.1, 0.15) is 5.69 Å². The number of nitrogens with one attached hydrogen (secondary N) is 1. The Morgan fingerprint density at radius 2 is 2.14 bits per heavy atom. The largest absolute Gasteiger partial charge is 0.378 e. The molecule has 22 heavy (non-hydrogen) atoms. The van der Waals surface area contributed by atoms with Crippen molar-refractivity contribution in [1.29, 1.82) is 0 Å². The molecule has 1 unspecified atom stereocenters. The summed E-state index contributed by atoms with van der Waals surface area (Å²) in [5.41, 5.74) is 0.814. The van der Waals surface area contributed by atoms with Crippen LogP contribution in [0.1, 0.15) is 39.8 Å². The van der Waals surface area contributed by atoms with Gasteiger partial charge in [-0.3, -0.25) is 4.79 Å². The highest BCUT2D eigenvalue weighted by Gasteiger charge is 2.08. The van der Waals surface area contributed by atoms with Gasteiger partial charge in [0.15, 0.2) is 0 Å². The molecular formula is C15H28N4O3. The maximum absolute atomic E-state index is 11.5. The van der Waals surface area contributed by atoms with E-state index in [1.165, 1.54) is 0 Å². The first-order chi connectivity index (χ1) is 10.5. The lowest BCUT2D eigenvalue weighted by Gasteiger charge is -2.10. The Morgan fingerprint density at radius 3 is 2.82 bits per heavy atom. The molecule has 7 heteroatoms. The van der Waals surface area contributed by atoms with Crippen molar-refractivity contribution < 1.29 is 14.3 Å². The predicted octanol–water partition coefficient (Wildman–Crippen LogP) is 1.38. The van der Waals surface area contributed by atoms with Crippen LogP contribution in [0.5, 0.6) is 0 Å². The van der Waals surface area contributed by atoms with Crippen molar-refractivity contribution in [3.8, 4) is 0 Å². The van der Waals surface area contributed by atoms with Gasteiger partial charge in [-0.15, -0.1) is 5.10 Å². The Kier molecular flexibility index (Phi) is 8.69. The molecule has 1 aromatic heterocycles. The molecule has 0 aliphatic rings. The van der Waals surface area contributed by atoms with E-state index in [1.807, 2.05) is 33.9 Å². The molecule has 0 bridgehead atoms. The van der Waals surface area contributed by atoms with E-state index in [0.717, 1.165) is 12.1 Å². The lowest BCUT2D eigenvalue weighted by atomic mass is 10.1. The van der Waals surface area contributed by atoms with Crippen LogP contribution in [0.3, 0.4) is 0 Å². The third-order valence-electron chi connectivity index (χ3n) is 3.22. The number of aromatic nitrogens is 3. The molecule has 0 saturated carbocycles. The van der Waals surface area contributed by atoms with E-state index in [0.29, 0.717) is 32.9 Å². The van der Waals surface area contributed by atoms with Crippen LogP contribution in [0.15, 0.2) is 6.20 Å². The first kappa shape index (κ1) is 18.6. The minimum absolute atomic E-state index is 0.0571. The molecular weight excluding hydrogens is 284 g/mol. The van der Waals surface area contributed by atoms with Gasteiger partial charge < -0.3 is 14.8 Å². The fourth-order valence-corrected chi connectivity index (χ4v) is 1.63. The lowest BCUT2D eigenvalue weighted by molar-refractivity contribution is -0.124. The summed E-state index contributed by atoms with van der Waals surface area (Å²) in [5, 5.41) is 10.9. The van der Waals surface area contributed by atoms with E-state index in [4.69, 9.17) is 9.47 Å². The molecule has 0 aliphatic carbocycles. The number of carbonyl (C=O) groups excluding carboxylic acids is 1. The highest BCUT2D eigenvalue weighted by atomic mass is 16.5. The third-order valence-corrected chi connectivity index (χ3v) is 3.22. The fraction of sp³-hybridized carbons (Fsp3) is 0.800. The summed E-state index contributed by atoms with van der Waals surface area (Å²) < 4.78 is 12.7. The standard InChI is InChI=1S/C15H28N4O3/c1-5-13(4)15(20)16-6-8-21-9-7-19-10-14(17-18-19)11-22-12(2)3/h10,12-13H,5-9,11H2,1-4H3,(H,16,20). The molecule has 0 spiro atoms. The van der Waals surface area contributed by atoms with Gasteiger partial charge >= 0.3 is 0 Å². The molecule has 1 aromatic rings. The van der Waals surface area contributed by atoms with Crippen molar-refractivity contribution in [1.82, 2.24) is 20.3 Å². The summed E-state index contributed by atoms with van der Waals surface area (Å²) in [5.74, 6) is 0.138. The monoisotopic (exact) mass is 312 g/mol. The molecule has 0 radical (unpaired) electrons. The second kappa shape index (κ2) is 10.3. The van der Waals surface area contributed by atoms with E-state index >= 15 is 0 Å². The van der Waals surface area contributed by atoms with Crippen LogP contribution in [-0.2, 0) is 27.4 Å². The van der Waals surface area contributed by atoms with Crippen molar-refractivity contribution in [3.05, 3.63) is 11.9 Å². The van der Waals surface area contributed by atoms with Crippen LogP contribution in [0.4, 0.5) is 0 Å². The van der Waals surface area contributed by atoms with Gasteiger partial charge in [0.25, 0.3) is 0 Å². The molecule has 0 aromatic carbocycles. The van der Waals surface area contributed by atoms with Gasteiger partial charge in [-0.2, -0.15) is 0 Å². The quantitative estimate of drug-likeness (QED) is 0.625. The van der Waals surface area contributed by atoms with Gasteiger partial charge in [-0.25, -0.2) is 4.68 Å². The summed E-state index contributed by atoms with van der Waals surface area (Å²) in [6.07, 6.45) is 2.89. The maximum Gasteiger partial charge on any atom is 0.222 e. The van der Waals surface area contributed by atoms with Crippen molar-refractivity contribution in [2.24, 2.45) is 5.92 Å². The Balaban J connectivity index is 2.08. The molecule has 0 fully saturated rings. The van der Waals surface area contributed by atoms with Crippen LogP contribution >= 0.6 is 0 Å². The molecule has 1 atom stereocenters. The average molecular weight is 312 g/mol. The summed E-state index contributed by atoms with van der Waals surface area (Å²) in [7, 11) is 0. The van der Waals surface area contributed by atoms with E-state index in [9.17, 15) is 4.79 Å². The third kappa shape index (κ3) is 7.51. The van der Waals surface area contributed by atoms with Crippen molar-refractivity contribution in [3.63, 3.8) is 0 Å². The Hall–Kier alpha value is -1.47. The topological polar surface area (TPSA) is 78.3 Å². The normalized spacial score (nSPS) is 12.6. The predicted molar refractivity (Wildman–Crippen MR) is 83.2 cm³/mol. The molecule has 7 nitrogen and oxygen atoms in total. The average Bonchev–Trinajstić information content (AvgIpc) is 2.95. The highest BCUT2D eigenvalue weighted by molar-refractivity contribution is 5.78. The smallest absolute Gasteiger partial charge is 0.222 e. The molecule has 0 saturated heterocycles. The van der Waals surface area contributed by atoms with Crippen LogP contribution in [0.25, 0.3) is 0 Å². The van der Waals surface area contributed by atoms with Crippen LogP contribution in [0.2, 0.25) is 0 Å². The number of nitrogens with zero attached hydrogens (tertiary/aromatic N) is 3. The first-order valence-electron chi connectivity index (χ1n) is 7.89. The number of carbonyl (C=O) groups is 1. The zero-order valence-electron chi connectivity index (χ0n) is 14.0. The van der Waals surface area contributed by atoms with Crippen LogP contribution in [-0.4, -0.2) is 46.8 Å². The Labute approximate surface area is 132 Å². The van der Waals surface area contributed by atoms with E-state index in [-0.39, 0.29) is 17.9 Å². The molecule has 1 amide bonds. The molecule has 126 valence electrons. The summed E-state index contributed by atoms with van der Waals surface area (Å²) in [6, 6.07) is 0. The maximum atomic E-state index is 11.5. The SMILES string of the molecule is CCC(C)C(=O)NCCOCCn1cc(COC(C)C)nn1. The van der Waals surface area contributed by atoms with Crippen LogP contribution in [0, 0.1) is 5.92 Å². The minimum atomic E-state index is 0.0571. The van der Waals surface area contributed by atoms with Gasteiger partial charge in [-0.1, -0.05) is 19.1 Å². The second-order valence-corrected chi connectivity index (χ2v) is 5.55. The first-order valence-corrected chi connectivity index (χ1v) is 7.89. The number of amides is 1. The number of rotatable bonds is 11. The Morgan fingerprint density at radius 1 is 1.36 bits per heavy atom. The van der Waals surface area contributed by atoms with Gasteiger partial charge in [0.2, 0.25) is 5.91 Å². The molecule has 1 N–H and O–H groups in total. The zero-order valence-corrected chi connectivity index (χ0v) is 14.0. The van der Waals surface area contributed by atoms with E-state index < -0.39 is 0 Å². The second-order valence-electron chi connectivity index (χ2n) is 5.55. The van der Waals surface area contributed by atoms with Gasteiger partial charge in [0.05, 0.1) is 38.7 Å². The summed E-state index contributed by atoms with van der Waals surface area (Å²) in [6.45, 7) is 10.6. The van der Waals surface area contributed by atoms with Crippen molar-refractivity contribution >= 4 is 5.91 Å². The van der Waals surface area contributed by atoms with E-state index in [2.05, 4.69) is 15.6 Å². The number of hydrogen-bond donors (Lipinski definition) is 1. The van der Waals surface area contributed by atoms with Crippen LogP contribution < -0.4 is 5.32 Å². The van der Waals surface area contributed by atoms with Gasteiger partial charge in [-0.05, 0) is 20.3 Å². The van der Waals surface area contributed by atoms with Crippen molar-refractivity contribution in [2.45, 2.75) is 53.4 Å². The van der Waals surface area contributed by atoms with Crippen molar-refractivity contribution in [2.75, 3.05) is 19.8 Å². The van der Waals surface area contributed by atoms with Gasteiger partial charge in [0, 0.05) is 12.5 Å². The van der Waals surface area contributed by atoms with E-state index in [1.54, 1.807) is 4.68 Å². The Bertz CT molecular complexity index is 434. The minimum Gasteiger partial charge on any atom is -0.378 e. The molecule has 0 aliphatic heterocycles. The summed E-state index contributed by atoms with van der Waals surface area (Å²) >= 11 is 0. The zero-order chi connectivity index (χ0) is 16.4. The summed E-state index contributed by atoms with van der Waals surface area (Å²) in [4.78, 5) is 11.5. The number of hydrogen-bond acceptors (Lipinski definition) is 5.